The molecule has 11 heteroatoms. The molecule has 4 rings (SSSR count). The van der Waals surface area contributed by atoms with E-state index < -0.39 is 16.1 Å². The molecule has 3 aromatic rings. The number of nitrogens with zero attached hydrogens (tertiary/aromatic N) is 1. The Balaban J connectivity index is 1.12. The van der Waals surface area contributed by atoms with E-state index in [-0.39, 0.29) is 23.6 Å². The molecule has 2 amide bonds. The monoisotopic (exact) mass is 691 g/mol. The first-order chi connectivity index (χ1) is 23.8. The van der Waals surface area contributed by atoms with Crippen LogP contribution in [0.3, 0.4) is 0 Å². The number of aliphatic hydroxyl groups is 1. The second-order valence-electron chi connectivity index (χ2n) is 12.5. The summed E-state index contributed by atoms with van der Waals surface area (Å²) in [6.07, 6.45) is 8.50. The average Bonchev–Trinajstić information content (AvgIpc) is 3.11. The summed E-state index contributed by atoms with van der Waals surface area (Å²) in [5.74, 6) is 0.775. The van der Waals surface area contributed by atoms with Crippen molar-refractivity contribution in [3.05, 3.63) is 96.6 Å². The highest BCUT2D eigenvalue weighted by Crippen LogP contribution is 2.24. The first kappa shape index (κ1) is 37.9. The maximum absolute atomic E-state index is 13.3. The predicted octanol–water partition coefficient (Wildman–Crippen LogP) is 5.95. The molecule has 1 unspecified atom stereocenters. The standard InChI is InChI=1S/C38H53N5O5S/c1-3-5-6-9-24-40-38(45)42-33-17-19-36(20-18-33)49(46,47)43-26-22-34(23-27-43)41-32-15-13-30(14-16-32)21-25-39-28-35(44)29-48-37-12-8-7-11-31(37)10-4-2/h4,7-8,11-20,34-35,39,41,44H,2-3,5-6,9-10,21-29H2,1H3,(H2,40,42,45). The Kier molecular flexibility index (Phi) is 15.4. The van der Waals surface area contributed by atoms with Crippen molar-refractivity contribution < 1.29 is 23.1 Å². The topological polar surface area (TPSA) is 132 Å². The smallest absolute Gasteiger partial charge is 0.319 e. The molecule has 5 N–H and O–H groups in total. The zero-order chi connectivity index (χ0) is 34.9. The molecule has 0 spiro atoms. The van der Waals surface area contributed by atoms with Crippen molar-refractivity contribution in [2.75, 3.05) is 50.0 Å². The summed E-state index contributed by atoms with van der Waals surface area (Å²) in [6, 6.07) is 22.4. The Bertz CT molecular complexity index is 1540. The van der Waals surface area contributed by atoms with Gasteiger partial charge in [-0.05, 0) is 92.2 Å². The lowest BCUT2D eigenvalue weighted by Gasteiger charge is -2.32. The fourth-order valence-electron chi connectivity index (χ4n) is 5.75. The van der Waals surface area contributed by atoms with E-state index in [1.807, 2.05) is 30.3 Å². The van der Waals surface area contributed by atoms with Gasteiger partial charge in [0.15, 0.2) is 0 Å². The molecule has 0 saturated carbocycles. The molecular formula is C38H53N5O5S. The van der Waals surface area contributed by atoms with Crippen molar-refractivity contribution in [3.8, 4) is 5.75 Å². The summed E-state index contributed by atoms with van der Waals surface area (Å²) in [6.45, 7) is 8.81. The number of benzene rings is 3. The zero-order valence-electron chi connectivity index (χ0n) is 28.7. The maximum atomic E-state index is 13.3. The molecule has 1 aliphatic heterocycles. The Labute approximate surface area is 292 Å². The highest BCUT2D eigenvalue weighted by Gasteiger charge is 2.29. The number of carbonyl (C=O) groups is 1. The SMILES string of the molecule is C=CCc1ccccc1OCC(O)CNCCc1ccc(NC2CCN(S(=O)(=O)c3ccc(NC(=O)NCCCCCC)cc3)CC2)cc1. The van der Waals surface area contributed by atoms with Crippen LogP contribution in [0.15, 0.2) is 90.3 Å². The Morgan fingerprint density at radius 2 is 1.69 bits per heavy atom. The molecule has 0 aliphatic carbocycles. The summed E-state index contributed by atoms with van der Waals surface area (Å²) in [4.78, 5) is 12.4. The fraction of sp³-hybridized carbons (Fsp3) is 0.447. The second-order valence-corrected chi connectivity index (χ2v) is 14.4. The van der Waals surface area contributed by atoms with Crippen LogP contribution in [-0.2, 0) is 22.9 Å². The average molecular weight is 692 g/mol. The third-order valence-electron chi connectivity index (χ3n) is 8.58. The molecule has 1 heterocycles. The molecule has 0 bridgehead atoms. The van der Waals surface area contributed by atoms with E-state index in [2.05, 4.69) is 59.0 Å². The normalized spacial score (nSPS) is 14.6. The number of hydrogen-bond donors (Lipinski definition) is 5. The van der Waals surface area contributed by atoms with Gasteiger partial charge in [-0.25, -0.2) is 13.2 Å². The predicted molar refractivity (Wildman–Crippen MR) is 198 cm³/mol. The van der Waals surface area contributed by atoms with Crippen LogP contribution in [0.4, 0.5) is 16.2 Å². The minimum absolute atomic E-state index is 0.179. The summed E-state index contributed by atoms with van der Waals surface area (Å²) in [5.41, 5.74) is 3.80. The summed E-state index contributed by atoms with van der Waals surface area (Å²) >= 11 is 0. The molecule has 266 valence electrons. The van der Waals surface area contributed by atoms with Crippen molar-refractivity contribution in [1.82, 2.24) is 14.9 Å². The number of carbonyl (C=O) groups excluding carboxylic acids is 1. The van der Waals surface area contributed by atoms with Gasteiger partial charge in [-0.1, -0.05) is 62.6 Å². The molecule has 0 radical (unpaired) electrons. The van der Waals surface area contributed by atoms with Crippen LogP contribution in [0.2, 0.25) is 0 Å². The largest absolute Gasteiger partial charge is 0.491 e. The van der Waals surface area contributed by atoms with Crippen molar-refractivity contribution in [1.29, 1.82) is 0 Å². The minimum atomic E-state index is -3.62. The summed E-state index contributed by atoms with van der Waals surface area (Å²) in [7, 11) is -3.62. The van der Waals surface area contributed by atoms with Crippen LogP contribution in [0.25, 0.3) is 0 Å². The molecule has 1 atom stereocenters. The quantitative estimate of drug-likeness (QED) is 0.0731. The lowest BCUT2D eigenvalue weighted by molar-refractivity contribution is 0.106. The number of anilines is 2. The molecule has 10 nitrogen and oxygen atoms in total. The van der Waals surface area contributed by atoms with Gasteiger partial charge in [0.05, 0.1) is 4.90 Å². The van der Waals surface area contributed by atoms with E-state index in [0.29, 0.717) is 44.7 Å². The number of rotatable bonds is 20. The first-order valence-corrected chi connectivity index (χ1v) is 18.9. The number of urea groups is 1. The van der Waals surface area contributed by atoms with Gasteiger partial charge >= 0.3 is 6.03 Å². The van der Waals surface area contributed by atoms with Crippen molar-refractivity contribution in [2.24, 2.45) is 0 Å². The number of allylic oxidation sites excluding steroid dienone is 1. The molecule has 0 aromatic heterocycles. The summed E-state index contributed by atoms with van der Waals surface area (Å²) < 4.78 is 34.0. The number of amides is 2. The number of nitrogens with one attached hydrogen (secondary N) is 4. The molecule has 1 fully saturated rings. The van der Waals surface area contributed by atoms with E-state index in [4.69, 9.17) is 4.74 Å². The zero-order valence-corrected chi connectivity index (χ0v) is 29.5. The van der Waals surface area contributed by atoms with Crippen LogP contribution in [-0.4, -0.2) is 75.3 Å². The van der Waals surface area contributed by atoms with Gasteiger partial charge < -0.3 is 31.1 Å². The maximum Gasteiger partial charge on any atom is 0.319 e. The number of para-hydroxylation sites is 1. The third kappa shape index (κ3) is 12.5. The van der Waals surface area contributed by atoms with Crippen LogP contribution in [0, 0.1) is 0 Å². The van der Waals surface area contributed by atoms with Crippen LogP contribution >= 0.6 is 0 Å². The van der Waals surface area contributed by atoms with Crippen LogP contribution < -0.4 is 26.0 Å². The van der Waals surface area contributed by atoms with Gasteiger partial charge in [0.1, 0.15) is 18.5 Å². The van der Waals surface area contributed by atoms with E-state index in [1.54, 1.807) is 24.3 Å². The number of ether oxygens (including phenoxy) is 1. The van der Waals surface area contributed by atoms with Crippen molar-refractivity contribution in [3.63, 3.8) is 0 Å². The van der Waals surface area contributed by atoms with Gasteiger partial charge in [0, 0.05) is 43.6 Å². The van der Waals surface area contributed by atoms with E-state index in [0.717, 1.165) is 62.1 Å². The highest BCUT2D eigenvalue weighted by molar-refractivity contribution is 7.89. The van der Waals surface area contributed by atoms with E-state index in [1.165, 1.54) is 9.87 Å². The van der Waals surface area contributed by atoms with Crippen LogP contribution in [0.5, 0.6) is 5.75 Å². The molecule has 3 aromatic carbocycles. The molecule has 49 heavy (non-hydrogen) atoms. The molecular weight excluding hydrogens is 639 g/mol. The van der Waals surface area contributed by atoms with Gasteiger partial charge in [0.2, 0.25) is 10.0 Å². The van der Waals surface area contributed by atoms with E-state index >= 15 is 0 Å². The Morgan fingerprint density at radius 1 is 0.980 bits per heavy atom. The Morgan fingerprint density at radius 3 is 2.41 bits per heavy atom. The van der Waals surface area contributed by atoms with Gasteiger partial charge in [-0.3, -0.25) is 0 Å². The minimum Gasteiger partial charge on any atom is -0.491 e. The van der Waals surface area contributed by atoms with Gasteiger partial charge in [0.25, 0.3) is 0 Å². The van der Waals surface area contributed by atoms with Crippen molar-refractivity contribution >= 4 is 27.4 Å². The van der Waals surface area contributed by atoms with Gasteiger partial charge in [-0.2, -0.15) is 4.31 Å². The number of hydrogen-bond acceptors (Lipinski definition) is 7. The van der Waals surface area contributed by atoms with Gasteiger partial charge in [-0.15, -0.1) is 6.58 Å². The molecule has 1 saturated heterocycles. The second kappa shape index (κ2) is 19.9. The molecule has 1 aliphatic rings. The number of unbranched alkanes of at least 4 members (excludes halogenated alkanes) is 3. The highest BCUT2D eigenvalue weighted by atomic mass is 32.2. The lowest BCUT2D eigenvalue weighted by Crippen LogP contribution is -2.42. The third-order valence-corrected chi connectivity index (χ3v) is 10.5. The van der Waals surface area contributed by atoms with Crippen LogP contribution in [0.1, 0.15) is 56.6 Å². The van der Waals surface area contributed by atoms with E-state index in [9.17, 15) is 18.3 Å². The number of piperidine rings is 1. The fourth-order valence-corrected chi connectivity index (χ4v) is 7.22. The number of sulfonamides is 1. The summed E-state index contributed by atoms with van der Waals surface area (Å²) in [5, 5.41) is 22.8. The first-order valence-electron chi connectivity index (χ1n) is 17.5. The Hall–Kier alpha value is -3.90. The lowest BCUT2D eigenvalue weighted by atomic mass is 10.1. The van der Waals surface area contributed by atoms with Crippen molar-refractivity contribution in [2.45, 2.75) is 75.3 Å². The number of aliphatic hydroxyl groups excluding tert-OH is 1.